The lowest BCUT2D eigenvalue weighted by Gasteiger charge is -2.11. The molecule has 2 atom stereocenters. The fourth-order valence-corrected chi connectivity index (χ4v) is 2.24. The van der Waals surface area contributed by atoms with Crippen molar-refractivity contribution in [2.24, 2.45) is 0 Å². The summed E-state index contributed by atoms with van der Waals surface area (Å²) >= 11 is 3.45. The molecule has 98 valence electrons. The second-order valence-corrected chi connectivity index (χ2v) is 5.56. The lowest BCUT2D eigenvalue weighted by molar-refractivity contribution is 0.182. The molecule has 0 amide bonds. The standard InChI is InChI=1S/C14H18BrNO2/c1-9(17)5-6-16-10(2)14-8-11-7-12(15)3-4-13(11)18-14/h3-4,7-10,16-17H,5-6H2,1-2H3. The van der Waals surface area contributed by atoms with Crippen LogP contribution in [-0.4, -0.2) is 17.8 Å². The minimum absolute atomic E-state index is 0.148. The van der Waals surface area contributed by atoms with Gasteiger partial charge in [-0.3, -0.25) is 0 Å². The van der Waals surface area contributed by atoms with Gasteiger partial charge in [-0.25, -0.2) is 0 Å². The first-order valence-corrected chi connectivity index (χ1v) is 6.96. The maximum Gasteiger partial charge on any atom is 0.134 e. The Bertz CT molecular complexity index is 521. The number of hydrogen-bond acceptors (Lipinski definition) is 3. The predicted molar refractivity (Wildman–Crippen MR) is 76.6 cm³/mol. The summed E-state index contributed by atoms with van der Waals surface area (Å²) in [5.41, 5.74) is 0.900. The van der Waals surface area contributed by atoms with Gasteiger partial charge >= 0.3 is 0 Å². The van der Waals surface area contributed by atoms with Crippen LogP contribution >= 0.6 is 15.9 Å². The van der Waals surface area contributed by atoms with Crippen LogP contribution < -0.4 is 5.32 Å². The van der Waals surface area contributed by atoms with Crippen LogP contribution in [0.1, 0.15) is 32.1 Å². The van der Waals surface area contributed by atoms with E-state index in [2.05, 4.69) is 34.2 Å². The van der Waals surface area contributed by atoms with Crippen molar-refractivity contribution in [1.82, 2.24) is 5.32 Å². The lowest BCUT2D eigenvalue weighted by atomic mass is 10.2. The number of furan rings is 1. The summed E-state index contributed by atoms with van der Waals surface area (Å²) in [5, 5.41) is 13.7. The summed E-state index contributed by atoms with van der Waals surface area (Å²) in [4.78, 5) is 0. The van der Waals surface area contributed by atoms with Gasteiger partial charge < -0.3 is 14.8 Å². The lowest BCUT2D eigenvalue weighted by Crippen LogP contribution is -2.22. The molecule has 1 aromatic carbocycles. The highest BCUT2D eigenvalue weighted by molar-refractivity contribution is 9.10. The summed E-state index contributed by atoms with van der Waals surface area (Å²) in [7, 11) is 0. The normalized spacial score (nSPS) is 14.9. The largest absolute Gasteiger partial charge is 0.459 e. The van der Waals surface area contributed by atoms with Crippen LogP contribution in [0.4, 0.5) is 0 Å². The zero-order chi connectivity index (χ0) is 13.1. The molecule has 0 aliphatic carbocycles. The zero-order valence-corrected chi connectivity index (χ0v) is 12.2. The van der Waals surface area contributed by atoms with Gasteiger partial charge in [0.1, 0.15) is 11.3 Å². The minimum Gasteiger partial charge on any atom is -0.459 e. The highest BCUT2D eigenvalue weighted by atomic mass is 79.9. The first-order valence-electron chi connectivity index (χ1n) is 6.16. The number of hydrogen-bond donors (Lipinski definition) is 2. The van der Waals surface area contributed by atoms with Crippen molar-refractivity contribution in [1.29, 1.82) is 0 Å². The first-order chi connectivity index (χ1) is 8.56. The molecular weight excluding hydrogens is 294 g/mol. The number of benzene rings is 1. The van der Waals surface area contributed by atoms with E-state index >= 15 is 0 Å². The second-order valence-electron chi connectivity index (χ2n) is 4.64. The monoisotopic (exact) mass is 311 g/mol. The van der Waals surface area contributed by atoms with Gasteiger partial charge in [0.05, 0.1) is 12.1 Å². The SMILES string of the molecule is CC(O)CCNC(C)c1cc2cc(Br)ccc2o1. The van der Waals surface area contributed by atoms with Gasteiger partial charge in [0, 0.05) is 9.86 Å². The Hall–Kier alpha value is -0.840. The molecule has 1 heterocycles. The first kappa shape index (κ1) is 13.6. The Morgan fingerprint density at radius 3 is 2.83 bits per heavy atom. The highest BCUT2D eigenvalue weighted by Gasteiger charge is 2.11. The summed E-state index contributed by atoms with van der Waals surface area (Å²) < 4.78 is 6.85. The molecule has 0 saturated carbocycles. The van der Waals surface area contributed by atoms with E-state index in [4.69, 9.17) is 4.42 Å². The van der Waals surface area contributed by atoms with Crippen LogP contribution in [-0.2, 0) is 0 Å². The molecule has 0 aliphatic heterocycles. The fourth-order valence-electron chi connectivity index (χ4n) is 1.86. The van der Waals surface area contributed by atoms with E-state index in [1.54, 1.807) is 6.92 Å². The number of fused-ring (bicyclic) bond motifs is 1. The summed E-state index contributed by atoms with van der Waals surface area (Å²) in [6.45, 7) is 4.64. The number of rotatable bonds is 5. The molecule has 3 nitrogen and oxygen atoms in total. The molecule has 0 fully saturated rings. The smallest absolute Gasteiger partial charge is 0.134 e. The Morgan fingerprint density at radius 2 is 2.11 bits per heavy atom. The third-order valence-electron chi connectivity index (χ3n) is 2.94. The molecule has 4 heteroatoms. The van der Waals surface area contributed by atoms with Gasteiger partial charge in [-0.15, -0.1) is 0 Å². The minimum atomic E-state index is -0.267. The Labute approximate surface area is 115 Å². The molecule has 0 saturated heterocycles. The predicted octanol–water partition coefficient (Wildman–Crippen LogP) is 3.62. The van der Waals surface area contributed by atoms with Crippen LogP contribution in [0, 0.1) is 0 Å². The molecule has 2 unspecified atom stereocenters. The molecule has 1 aromatic heterocycles. The van der Waals surface area contributed by atoms with Gasteiger partial charge in [-0.1, -0.05) is 15.9 Å². The van der Waals surface area contributed by atoms with Crippen LogP contribution in [0.3, 0.4) is 0 Å². The fraction of sp³-hybridized carbons (Fsp3) is 0.429. The van der Waals surface area contributed by atoms with E-state index < -0.39 is 0 Å². The average molecular weight is 312 g/mol. The van der Waals surface area contributed by atoms with Crippen molar-refractivity contribution < 1.29 is 9.52 Å². The van der Waals surface area contributed by atoms with Crippen LogP contribution in [0.5, 0.6) is 0 Å². The highest BCUT2D eigenvalue weighted by Crippen LogP contribution is 2.26. The Kier molecular flexibility index (Phi) is 4.43. The van der Waals surface area contributed by atoms with Crippen molar-refractivity contribution in [2.75, 3.05) is 6.54 Å². The van der Waals surface area contributed by atoms with E-state index in [-0.39, 0.29) is 12.1 Å². The van der Waals surface area contributed by atoms with Crippen LogP contribution in [0.25, 0.3) is 11.0 Å². The molecule has 2 aromatic rings. The van der Waals surface area contributed by atoms with Crippen molar-refractivity contribution in [3.8, 4) is 0 Å². The second kappa shape index (κ2) is 5.87. The number of aliphatic hydroxyl groups is 1. The van der Waals surface area contributed by atoms with Gasteiger partial charge in [0.15, 0.2) is 0 Å². The molecule has 2 N–H and O–H groups in total. The maximum atomic E-state index is 9.21. The Balaban J connectivity index is 2.06. The average Bonchev–Trinajstić information content (AvgIpc) is 2.71. The summed E-state index contributed by atoms with van der Waals surface area (Å²) in [6, 6.07) is 8.19. The summed E-state index contributed by atoms with van der Waals surface area (Å²) in [5.74, 6) is 0.925. The number of halogens is 1. The third-order valence-corrected chi connectivity index (χ3v) is 3.43. The van der Waals surface area contributed by atoms with E-state index in [0.717, 1.165) is 34.2 Å². The van der Waals surface area contributed by atoms with Crippen molar-refractivity contribution in [3.63, 3.8) is 0 Å². The molecule has 0 radical (unpaired) electrons. The van der Waals surface area contributed by atoms with Gasteiger partial charge in [0.25, 0.3) is 0 Å². The molecule has 0 bridgehead atoms. The molecule has 2 rings (SSSR count). The van der Waals surface area contributed by atoms with Crippen molar-refractivity contribution in [2.45, 2.75) is 32.4 Å². The third kappa shape index (κ3) is 3.34. The topological polar surface area (TPSA) is 45.4 Å². The number of aliphatic hydroxyl groups excluding tert-OH is 1. The van der Waals surface area contributed by atoms with Crippen LogP contribution in [0.15, 0.2) is 33.2 Å². The summed E-state index contributed by atoms with van der Waals surface area (Å²) in [6.07, 6.45) is 0.479. The van der Waals surface area contributed by atoms with Gasteiger partial charge in [0.2, 0.25) is 0 Å². The van der Waals surface area contributed by atoms with E-state index in [9.17, 15) is 5.11 Å². The van der Waals surface area contributed by atoms with Crippen molar-refractivity contribution in [3.05, 3.63) is 34.5 Å². The van der Waals surface area contributed by atoms with Gasteiger partial charge in [-0.05, 0) is 51.1 Å². The zero-order valence-electron chi connectivity index (χ0n) is 10.6. The Morgan fingerprint density at radius 1 is 1.33 bits per heavy atom. The molecule has 0 aliphatic rings. The molecule has 0 spiro atoms. The maximum absolute atomic E-state index is 9.21. The van der Waals surface area contributed by atoms with E-state index in [1.807, 2.05) is 18.2 Å². The van der Waals surface area contributed by atoms with Crippen molar-refractivity contribution >= 4 is 26.9 Å². The van der Waals surface area contributed by atoms with Gasteiger partial charge in [-0.2, -0.15) is 0 Å². The quantitative estimate of drug-likeness (QED) is 0.886. The molecule has 18 heavy (non-hydrogen) atoms. The van der Waals surface area contributed by atoms with E-state index in [0.29, 0.717) is 0 Å². The molecular formula is C14H18BrNO2. The number of nitrogens with one attached hydrogen (secondary N) is 1. The van der Waals surface area contributed by atoms with E-state index in [1.165, 1.54) is 0 Å². The van der Waals surface area contributed by atoms with Crippen LogP contribution in [0.2, 0.25) is 0 Å².